The molecule has 13 heavy (non-hydrogen) atoms. The molecule has 1 aromatic rings. The minimum absolute atomic E-state index is 0.00213. The number of hydrogen-bond donors (Lipinski definition) is 1. The lowest BCUT2D eigenvalue weighted by Gasteiger charge is -2.07. The van der Waals surface area contributed by atoms with Crippen molar-refractivity contribution in [1.82, 2.24) is 4.98 Å². The Morgan fingerprint density at radius 2 is 2.00 bits per heavy atom. The Hall–Kier alpha value is -1.23. The van der Waals surface area contributed by atoms with E-state index in [0.717, 1.165) is 0 Å². The molecule has 0 fully saturated rings. The van der Waals surface area contributed by atoms with Gasteiger partial charge in [0, 0.05) is 0 Å². The Bertz CT molecular complexity index is 328. The summed E-state index contributed by atoms with van der Waals surface area (Å²) in [6.45, 7) is 0.661. The molecule has 0 amide bonds. The number of halogens is 2. The van der Waals surface area contributed by atoms with Gasteiger partial charge in [-0.25, -0.2) is 13.8 Å². The van der Waals surface area contributed by atoms with Gasteiger partial charge in [0.05, 0.1) is 25.0 Å². The standard InChI is InChI=1S/C8H9F2NO2/c1-4-6(9)5(3-12)7(10)8(11-4)13-2/h12H,3H2,1-2H3. The van der Waals surface area contributed by atoms with Gasteiger partial charge in [-0.15, -0.1) is 0 Å². The molecule has 0 bridgehead atoms. The summed E-state index contributed by atoms with van der Waals surface area (Å²) < 4.78 is 30.7. The van der Waals surface area contributed by atoms with Gasteiger partial charge in [-0.2, -0.15) is 0 Å². The van der Waals surface area contributed by atoms with Gasteiger partial charge < -0.3 is 9.84 Å². The number of rotatable bonds is 2. The van der Waals surface area contributed by atoms with Crippen LogP contribution in [0.15, 0.2) is 0 Å². The Kier molecular flexibility index (Phi) is 2.77. The summed E-state index contributed by atoms with van der Waals surface area (Å²) in [6.07, 6.45) is 0. The van der Waals surface area contributed by atoms with Crippen molar-refractivity contribution < 1.29 is 18.6 Å². The van der Waals surface area contributed by atoms with Crippen molar-refractivity contribution in [3.8, 4) is 5.88 Å². The third kappa shape index (κ3) is 1.60. The fraction of sp³-hybridized carbons (Fsp3) is 0.375. The Labute approximate surface area is 74.0 Å². The van der Waals surface area contributed by atoms with Gasteiger partial charge in [0.1, 0.15) is 0 Å². The largest absolute Gasteiger partial charge is 0.479 e. The second-order valence-electron chi connectivity index (χ2n) is 2.47. The van der Waals surface area contributed by atoms with Crippen molar-refractivity contribution in [1.29, 1.82) is 0 Å². The molecular weight excluding hydrogens is 180 g/mol. The third-order valence-corrected chi connectivity index (χ3v) is 1.66. The quantitative estimate of drug-likeness (QED) is 0.759. The van der Waals surface area contributed by atoms with Crippen LogP contribution in [-0.4, -0.2) is 17.2 Å². The van der Waals surface area contributed by atoms with E-state index in [0.29, 0.717) is 0 Å². The van der Waals surface area contributed by atoms with Crippen LogP contribution < -0.4 is 4.74 Å². The zero-order valence-corrected chi connectivity index (χ0v) is 7.27. The van der Waals surface area contributed by atoms with E-state index in [9.17, 15) is 8.78 Å². The summed E-state index contributed by atoms with van der Waals surface area (Å²) in [6, 6.07) is 0. The van der Waals surface area contributed by atoms with Crippen LogP contribution in [0.4, 0.5) is 8.78 Å². The average Bonchev–Trinajstić information content (AvgIpc) is 2.12. The van der Waals surface area contributed by atoms with Gasteiger partial charge in [-0.3, -0.25) is 0 Å². The van der Waals surface area contributed by atoms with Crippen molar-refractivity contribution in [2.75, 3.05) is 7.11 Å². The van der Waals surface area contributed by atoms with E-state index >= 15 is 0 Å². The topological polar surface area (TPSA) is 42.4 Å². The second kappa shape index (κ2) is 3.66. The summed E-state index contributed by atoms with van der Waals surface area (Å²) in [5, 5.41) is 8.68. The number of aliphatic hydroxyl groups is 1. The minimum Gasteiger partial charge on any atom is -0.479 e. The first-order valence-corrected chi connectivity index (χ1v) is 3.61. The monoisotopic (exact) mass is 189 g/mol. The van der Waals surface area contributed by atoms with E-state index < -0.39 is 23.8 Å². The number of nitrogens with zero attached hydrogens (tertiary/aromatic N) is 1. The SMILES string of the molecule is COc1nc(C)c(F)c(CO)c1F. The molecule has 0 atom stereocenters. The van der Waals surface area contributed by atoms with Crippen LogP contribution in [0.1, 0.15) is 11.3 Å². The first-order chi connectivity index (χ1) is 6.11. The molecule has 0 spiro atoms. The number of ether oxygens (including phenoxy) is 1. The Balaban J connectivity index is 3.39. The van der Waals surface area contributed by atoms with E-state index in [4.69, 9.17) is 5.11 Å². The minimum atomic E-state index is -0.951. The lowest BCUT2D eigenvalue weighted by Crippen LogP contribution is -2.04. The molecule has 72 valence electrons. The molecule has 0 aliphatic heterocycles. The normalized spacial score (nSPS) is 10.2. The van der Waals surface area contributed by atoms with Gasteiger partial charge in [0.2, 0.25) is 0 Å². The molecule has 0 saturated heterocycles. The maximum atomic E-state index is 13.1. The summed E-state index contributed by atoms with van der Waals surface area (Å²) in [5.74, 6) is -2.09. The molecule has 3 nitrogen and oxygen atoms in total. The maximum absolute atomic E-state index is 13.1. The zero-order chi connectivity index (χ0) is 10.0. The van der Waals surface area contributed by atoms with Crippen LogP contribution in [0.3, 0.4) is 0 Å². The molecule has 0 unspecified atom stereocenters. The van der Waals surface area contributed by atoms with Crippen LogP contribution >= 0.6 is 0 Å². The van der Waals surface area contributed by atoms with Gasteiger partial charge in [-0.05, 0) is 6.92 Å². The molecule has 1 N–H and O–H groups in total. The number of aryl methyl sites for hydroxylation is 1. The molecular formula is C8H9F2NO2. The summed E-state index contributed by atoms with van der Waals surface area (Å²) in [5.41, 5.74) is -0.411. The molecule has 0 aliphatic carbocycles. The fourth-order valence-electron chi connectivity index (χ4n) is 0.968. The third-order valence-electron chi connectivity index (χ3n) is 1.66. The van der Waals surface area contributed by atoms with Gasteiger partial charge >= 0.3 is 0 Å². The number of hydrogen-bond acceptors (Lipinski definition) is 3. The average molecular weight is 189 g/mol. The molecule has 1 heterocycles. The van der Waals surface area contributed by atoms with Crippen molar-refractivity contribution in [2.45, 2.75) is 13.5 Å². The van der Waals surface area contributed by atoms with Crippen molar-refractivity contribution >= 4 is 0 Å². The van der Waals surface area contributed by atoms with E-state index in [1.807, 2.05) is 0 Å². The van der Waals surface area contributed by atoms with E-state index in [1.165, 1.54) is 14.0 Å². The lowest BCUT2D eigenvalue weighted by atomic mass is 10.2. The second-order valence-corrected chi connectivity index (χ2v) is 2.47. The van der Waals surface area contributed by atoms with Crippen LogP contribution in [-0.2, 0) is 6.61 Å². The smallest absolute Gasteiger partial charge is 0.250 e. The molecule has 0 aromatic carbocycles. The van der Waals surface area contributed by atoms with E-state index in [-0.39, 0.29) is 11.6 Å². The number of pyridine rings is 1. The highest BCUT2D eigenvalue weighted by molar-refractivity contribution is 5.28. The van der Waals surface area contributed by atoms with E-state index in [1.54, 1.807) is 0 Å². The molecule has 1 rings (SSSR count). The summed E-state index contributed by atoms with van der Waals surface area (Å²) in [4.78, 5) is 3.52. The first kappa shape index (κ1) is 9.85. The molecule has 0 aliphatic rings. The van der Waals surface area contributed by atoms with Crippen molar-refractivity contribution in [2.24, 2.45) is 0 Å². The Morgan fingerprint density at radius 3 is 2.46 bits per heavy atom. The maximum Gasteiger partial charge on any atom is 0.250 e. The molecule has 0 saturated carbocycles. The highest BCUT2D eigenvalue weighted by Crippen LogP contribution is 2.22. The van der Waals surface area contributed by atoms with Gasteiger partial charge in [0.15, 0.2) is 11.6 Å². The first-order valence-electron chi connectivity index (χ1n) is 3.61. The highest BCUT2D eigenvalue weighted by atomic mass is 19.1. The van der Waals surface area contributed by atoms with Gasteiger partial charge in [-0.1, -0.05) is 0 Å². The van der Waals surface area contributed by atoms with Crippen LogP contribution in [0.2, 0.25) is 0 Å². The number of aliphatic hydroxyl groups excluding tert-OH is 1. The van der Waals surface area contributed by atoms with E-state index in [2.05, 4.69) is 9.72 Å². The fourth-order valence-corrected chi connectivity index (χ4v) is 0.968. The number of methoxy groups -OCH3 is 1. The van der Waals surface area contributed by atoms with Crippen LogP contribution in [0.25, 0.3) is 0 Å². The van der Waals surface area contributed by atoms with Crippen LogP contribution in [0.5, 0.6) is 5.88 Å². The van der Waals surface area contributed by atoms with Crippen molar-refractivity contribution in [3.05, 3.63) is 22.9 Å². The number of aromatic nitrogens is 1. The molecule has 1 aromatic heterocycles. The zero-order valence-electron chi connectivity index (χ0n) is 7.27. The molecule has 5 heteroatoms. The lowest BCUT2D eigenvalue weighted by molar-refractivity contribution is 0.262. The van der Waals surface area contributed by atoms with Crippen LogP contribution in [0, 0.1) is 18.6 Å². The molecule has 0 radical (unpaired) electrons. The summed E-state index contributed by atoms with van der Waals surface area (Å²) >= 11 is 0. The highest BCUT2D eigenvalue weighted by Gasteiger charge is 2.17. The summed E-state index contributed by atoms with van der Waals surface area (Å²) in [7, 11) is 1.23. The predicted molar refractivity (Wildman–Crippen MR) is 41.4 cm³/mol. The Morgan fingerprint density at radius 1 is 1.38 bits per heavy atom. The predicted octanol–water partition coefficient (Wildman–Crippen LogP) is 1.17. The van der Waals surface area contributed by atoms with Gasteiger partial charge in [0.25, 0.3) is 5.88 Å². The van der Waals surface area contributed by atoms with Crippen molar-refractivity contribution in [3.63, 3.8) is 0 Å².